The van der Waals surface area contributed by atoms with Crippen molar-refractivity contribution in [3.05, 3.63) is 36.5 Å². The minimum absolute atomic E-state index is 0.176. The molecular formula is C15H22O7. The second-order valence-electron chi connectivity index (χ2n) is 4.45. The van der Waals surface area contributed by atoms with Gasteiger partial charge < -0.3 is 19.7 Å². The van der Waals surface area contributed by atoms with Crippen LogP contribution in [0.25, 0.3) is 0 Å². The highest BCUT2D eigenvalue weighted by Crippen LogP contribution is 2.01. The Morgan fingerprint density at radius 3 is 1.64 bits per heavy atom. The number of ether oxygens (including phenoxy) is 2. The molecule has 2 N–H and O–H groups in total. The van der Waals surface area contributed by atoms with Crippen LogP contribution in [-0.2, 0) is 23.9 Å². The summed E-state index contributed by atoms with van der Waals surface area (Å²) in [6.45, 7) is 13.7. The molecule has 0 aliphatic carbocycles. The first-order chi connectivity index (χ1) is 10.0. The molecule has 0 aliphatic rings. The Kier molecular flexibility index (Phi) is 11.2. The predicted molar refractivity (Wildman–Crippen MR) is 80.0 cm³/mol. The minimum atomic E-state index is -0.935. The molecule has 0 radical (unpaired) electrons. The molecule has 0 amide bonds. The van der Waals surface area contributed by atoms with Crippen molar-refractivity contribution >= 4 is 17.9 Å². The lowest BCUT2D eigenvalue weighted by atomic mass is 10.3. The summed E-state index contributed by atoms with van der Waals surface area (Å²) in [5.74, 6) is -2.16. The van der Waals surface area contributed by atoms with Gasteiger partial charge in [-0.25, -0.2) is 14.4 Å². The van der Waals surface area contributed by atoms with Gasteiger partial charge in [0.2, 0.25) is 0 Å². The van der Waals surface area contributed by atoms with Gasteiger partial charge >= 0.3 is 17.9 Å². The van der Waals surface area contributed by atoms with E-state index >= 15 is 0 Å². The van der Waals surface area contributed by atoms with Crippen molar-refractivity contribution in [1.29, 1.82) is 0 Å². The van der Waals surface area contributed by atoms with Gasteiger partial charge in [-0.2, -0.15) is 0 Å². The van der Waals surface area contributed by atoms with E-state index in [1.807, 2.05) is 0 Å². The average molecular weight is 314 g/mol. The molecule has 0 aromatic rings. The van der Waals surface area contributed by atoms with E-state index < -0.39 is 30.6 Å². The summed E-state index contributed by atoms with van der Waals surface area (Å²) in [4.78, 5) is 31.7. The molecule has 0 aromatic heterocycles. The van der Waals surface area contributed by atoms with Gasteiger partial charge in [-0.15, -0.1) is 0 Å². The number of carboxylic acid groups (broad SMARTS) is 1. The number of rotatable bonds is 7. The van der Waals surface area contributed by atoms with Crippen molar-refractivity contribution in [2.24, 2.45) is 0 Å². The average Bonchev–Trinajstić information content (AvgIpc) is 2.42. The topological polar surface area (TPSA) is 110 Å². The SMILES string of the molecule is C=C(C)C(=O)O.C=C(C)C(=O)OCC(CO)OC(=O)C(=C)C. The molecule has 1 unspecified atom stereocenters. The number of carbonyl (C=O) groups is 3. The van der Waals surface area contributed by atoms with Crippen molar-refractivity contribution in [1.82, 2.24) is 0 Å². The quantitative estimate of drug-likeness (QED) is 0.537. The molecule has 0 rings (SSSR count). The standard InChI is InChI=1S/C11H16O5.C4H6O2/c1-7(2)10(13)15-6-9(5-12)16-11(14)8(3)4;1-3(2)4(5)6/h9,12H,1,3,5-6H2,2,4H3;1H2,2H3,(H,5,6). The molecule has 1 atom stereocenters. The van der Waals surface area contributed by atoms with Crippen LogP contribution in [0.4, 0.5) is 0 Å². The fourth-order valence-electron chi connectivity index (χ4n) is 0.668. The van der Waals surface area contributed by atoms with Crippen LogP contribution in [0.15, 0.2) is 36.5 Å². The third kappa shape index (κ3) is 11.4. The van der Waals surface area contributed by atoms with Crippen molar-refractivity contribution in [3.63, 3.8) is 0 Å². The van der Waals surface area contributed by atoms with Gasteiger partial charge in [0, 0.05) is 16.7 Å². The molecule has 0 heterocycles. The summed E-state index contributed by atoms with van der Waals surface area (Å²) in [5.41, 5.74) is 0.627. The van der Waals surface area contributed by atoms with Crippen LogP contribution in [0.3, 0.4) is 0 Å². The van der Waals surface area contributed by atoms with E-state index in [0.717, 1.165) is 0 Å². The second-order valence-corrected chi connectivity index (χ2v) is 4.45. The van der Waals surface area contributed by atoms with E-state index in [2.05, 4.69) is 19.7 Å². The fraction of sp³-hybridized carbons (Fsp3) is 0.400. The van der Waals surface area contributed by atoms with Gasteiger partial charge in [0.1, 0.15) is 6.61 Å². The zero-order valence-corrected chi connectivity index (χ0v) is 13.0. The summed E-state index contributed by atoms with van der Waals surface area (Å²) < 4.78 is 9.53. The Balaban J connectivity index is 0. The fourth-order valence-corrected chi connectivity index (χ4v) is 0.668. The number of aliphatic hydroxyl groups excluding tert-OH is 1. The summed E-state index contributed by atoms with van der Waals surface area (Å²) in [6, 6.07) is 0. The number of esters is 2. The van der Waals surface area contributed by atoms with Crippen LogP contribution in [0.5, 0.6) is 0 Å². The van der Waals surface area contributed by atoms with Crippen LogP contribution in [-0.4, -0.2) is 47.4 Å². The van der Waals surface area contributed by atoms with Crippen LogP contribution in [0.1, 0.15) is 20.8 Å². The number of hydrogen-bond donors (Lipinski definition) is 2. The van der Waals surface area contributed by atoms with Crippen LogP contribution < -0.4 is 0 Å². The maximum atomic E-state index is 11.1. The third-order valence-electron chi connectivity index (χ3n) is 1.94. The first-order valence-corrected chi connectivity index (χ1v) is 6.21. The summed E-state index contributed by atoms with van der Waals surface area (Å²) >= 11 is 0. The molecule has 0 spiro atoms. The molecule has 22 heavy (non-hydrogen) atoms. The molecule has 0 saturated heterocycles. The maximum absolute atomic E-state index is 11.1. The van der Waals surface area contributed by atoms with Crippen LogP contribution in [0.2, 0.25) is 0 Å². The summed E-state index contributed by atoms with van der Waals surface area (Å²) in [5, 5.41) is 16.8. The van der Waals surface area contributed by atoms with E-state index in [1.165, 1.54) is 20.8 Å². The first-order valence-electron chi connectivity index (χ1n) is 6.21. The monoisotopic (exact) mass is 314 g/mol. The molecule has 0 bridgehead atoms. The van der Waals surface area contributed by atoms with E-state index in [1.54, 1.807) is 0 Å². The first kappa shape index (κ1) is 21.9. The Bertz CT molecular complexity index is 451. The molecule has 0 aromatic carbocycles. The van der Waals surface area contributed by atoms with Gasteiger partial charge in [0.25, 0.3) is 0 Å². The van der Waals surface area contributed by atoms with Crippen molar-refractivity contribution in [2.75, 3.05) is 13.2 Å². The lowest BCUT2D eigenvalue weighted by Crippen LogP contribution is -2.28. The predicted octanol–water partition coefficient (Wildman–Crippen LogP) is 1.23. The smallest absolute Gasteiger partial charge is 0.333 e. The number of hydrogen-bond acceptors (Lipinski definition) is 6. The number of carboxylic acids is 1. The lowest BCUT2D eigenvalue weighted by molar-refractivity contribution is -0.156. The molecule has 7 heteroatoms. The highest BCUT2D eigenvalue weighted by molar-refractivity contribution is 5.87. The van der Waals surface area contributed by atoms with E-state index in [4.69, 9.17) is 19.7 Å². The zero-order valence-electron chi connectivity index (χ0n) is 13.0. The Labute approximate surface area is 129 Å². The molecule has 0 fully saturated rings. The molecule has 0 aliphatic heterocycles. The number of aliphatic hydroxyl groups is 1. The Morgan fingerprint density at radius 2 is 1.36 bits per heavy atom. The van der Waals surface area contributed by atoms with Gasteiger partial charge in [-0.05, 0) is 20.8 Å². The summed E-state index contributed by atoms with van der Waals surface area (Å²) in [6.07, 6.45) is -0.882. The lowest BCUT2D eigenvalue weighted by Gasteiger charge is -2.15. The second kappa shape index (κ2) is 11.3. The van der Waals surface area contributed by atoms with Gasteiger partial charge in [-0.3, -0.25) is 0 Å². The Morgan fingerprint density at radius 1 is 0.955 bits per heavy atom. The third-order valence-corrected chi connectivity index (χ3v) is 1.94. The van der Waals surface area contributed by atoms with E-state index in [9.17, 15) is 14.4 Å². The molecular weight excluding hydrogens is 292 g/mol. The van der Waals surface area contributed by atoms with Crippen molar-refractivity contribution < 1.29 is 34.1 Å². The normalized spacial score (nSPS) is 10.4. The maximum Gasteiger partial charge on any atom is 0.333 e. The van der Waals surface area contributed by atoms with Crippen molar-refractivity contribution in [3.8, 4) is 0 Å². The molecule has 124 valence electrons. The van der Waals surface area contributed by atoms with Crippen LogP contribution in [0, 0.1) is 0 Å². The largest absolute Gasteiger partial charge is 0.478 e. The van der Waals surface area contributed by atoms with Crippen molar-refractivity contribution in [2.45, 2.75) is 26.9 Å². The minimum Gasteiger partial charge on any atom is -0.478 e. The molecule has 0 saturated carbocycles. The van der Waals surface area contributed by atoms with E-state index in [-0.39, 0.29) is 23.3 Å². The van der Waals surface area contributed by atoms with E-state index in [0.29, 0.717) is 0 Å². The van der Waals surface area contributed by atoms with Gasteiger partial charge in [-0.1, -0.05) is 19.7 Å². The van der Waals surface area contributed by atoms with Gasteiger partial charge in [0.15, 0.2) is 6.10 Å². The Hall–Kier alpha value is -2.41. The zero-order chi connectivity index (χ0) is 17.9. The molecule has 7 nitrogen and oxygen atoms in total. The van der Waals surface area contributed by atoms with Gasteiger partial charge in [0.05, 0.1) is 6.61 Å². The highest BCUT2D eigenvalue weighted by Gasteiger charge is 2.16. The van der Waals surface area contributed by atoms with Crippen LogP contribution >= 0.6 is 0 Å². The summed E-state index contributed by atoms with van der Waals surface area (Å²) in [7, 11) is 0. The number of carbonyl (C=O) groups excluding carboxylic acids is 2. The number of aliphatic carboxylic acids is 1. The highest BCUT2D eigenvalue weighted by atomic mass is 16.6.